The third-order valence-electron chi connectivity index (χ3n) is 3.36. The minimum absolute atomic E-state index is 0.0234. The molecule has 0 atom stereocenters. The summed E-state index contributed by atoms with van der Waals surface area (Å²) in [7, 11) is -2.93. The number of nitrogens with one attached hydrogen (secondary N) is 1. The lowest BCUT2D eigenvalue weighted by Gasteiger charge is -2.13. The van der Waals surface area contributed by atoms with E-state index in [0.29, 0.717) is 5.56 Å². The molecule has 25 heavy (non-hydrogen) atoms. The predicted molar refractivity (Wildman–Crippen MR) is 91.7 cm³/mol. The smallest absolute Gasteiger partial charge is 0.337 e. The molecule has 0 heterocycles. The van der Waals surface area contributed by atoms with E-state index >= 15 is 0 Å². The summed E-state index contributed by atoms with van der Waals surface area (Å²) in [6.45, 7) is 1.53. The van der Waals surface area contributed by atoms with Gasteiger partial charge in [-0.25, -0.2) is 18.0 Å². The van der Waals surface area contributed by atoms with E-state index in [1.54, 1.807) is 0 Å². The number of hydrogen-bond donors (Lipinski definition) is 2. The highest BCUT2D eigenvalue weighted by Crippen LogP contribution is 2.27. The van der Waals surface area contributed by atoms with E-state index in [1.165, 1.54) is 44.4 Å². The number of methoxy groups -OCH3 is 1. The number of benzene rings is 2. The van der Waals surface area contributed by atoms with Gasteiger partial charge in [-0.15, -0.1) is 0 Å². The fourth-order valence-corrected chi connectivity index (χ4v) is 3.63. The second-order valence-electron chi connectivity index (χ2n) is 5.08. The Labute approximate surface area is 149 Å². The Bertz CT molecular complexity index is 955. The molecule has 0 saturated heterocycles. The molecule has 2 aromatic rings. The van der Waals surface area contributed by atoms with Gasteiger partial charge in [-0.3, -0.25) is 4.72 Å². The summed E-state index contributed by atoms with van der Waals surface area (Å²) in [5.41, 5.74) is 0.281. The van der Waals surface area contributed by atoms with Crippen LogP contribution in [0.2, 0.25) is 5.02 Å². The summed E-state index contributed by atoms with van der Waals surface area (Å²) < 4.78 is 32.1. The van der Waals surface area contributed by atoms with E-state index in [1.807, 2.05) is 0 Å². The first-order valence-corrected chi connectivity index (χ1v) is 8.76. The quantitative estimate of drug-likeness (QED) is 0.768. The van der Waals surface area contributed by atoms with Crippen molar-refractivity contribution in [3.63, 3.8) is 0 Å². The molecule has 0 radical (unpaired) electrons. The Morgan fingerprint density at radius 1 is 1.12 bits per heavy atom. The topological polar surface area (TPSA) is 110 Å². The Kier molecular flexibility index (Phi) is 5.34. The molecule has 2 aromatic carbocycles. The first-order chi connectivity index (χ1) is 11.7. The Morgan fingerprint density at radius 3 is 2.36 bits per heavy atom. The predicted octanol–water partition coefficient (Wildman–Crippen LogP) is 2.93. The molecule has 0 spiro atoms. The second-order valence-corrected chi connectivity index (χ2v) is 7.14. The maximum absolute atomic E-state index is 12.6. The van der Waals surface area contributed by atoms with Gasteiger partial charge < -0.3 is 9.84 Å². The zero-order valence-electron chi connectivity index (χ0n) is 13.2. The van der Waals surface area contributed by atoms with Crippen LogP contribution >= 0.6 is 11.6 Å². The van der Waals surface area contributed by atoms with Gasteiger partial charge in [0.05, 0.1) is 33.8 Å². The molecule has 9 heteroatoms. The van der Waals surface area contributed by atoms with Crippen LogP contribution in [-0.4, -0.2) is 32.6 Å². The zero-order valence-corrected chi connectivity index (χ0v) is 14.8. The summed E-state index contributed by atoms with van der Waals surface area (Å²) in [5, 5.41) is 9.11. The first kappa shape index (κ1) is 18.8. The van der Waals surface area contributed by atoms with Crippen molar-refractivity contribution < 1.29 is 27.9 Å². The number of aryl methyl sites for hydroxylation is 1. The minimum Gasteiger partial charge on any atom is -0.478 e. The number of aromatic carboxylic acids is 1. The van der Waals surface area contributed by atoms with E-state index < -0.39 is 22.0 Å². The monoisotopic (exact) mass is 383 g/mol. The average molecular weight is 384 g/mol. The largest absolute Gasteiger partial charge is 0.478 e. The fraction of sp³-hybridized carbons (Fsp3) is 0.125. The summed E-state index contributed by atoms with van der Waals surface area (Å²) in [5.74, 6) is -1.90. The highest BCUT2D eigenvalue weighted by atomic mass is 35.5. The fourth-order valence-electron chi connectivity index (χ4n) is 2.07. The molecule has 0 aliphatic carbocycles. The van der Waals surface area contributed by atoms with Crippen LogP contribution in [0.4, 0.5) is 5.69 Å². The lowest BCUT2D eigenvalue weighted by Crippen LogP contribution is -2.16. The highest BCUT2D eigenvalue weighted by molar-refractivity contribution is 7.92. The van der Waals surface area contributed by atoms with E-state index in [0.717, 1.165) is 6.07 Å². The number of anilines is 1. The van der Waals surface area contributed by atoms with Crippen molar-refractivity contribution in [2.24, 2.45) is 0 Å². The van der Waals surface area contributed by atoms with Crippen molar-refractivity contribution in [2.45, 2.75) is 11.8 Å². The van der Waals surface area contributed by atoms with Gasteiger partial charge >= 0.3 is 11.9 Å². The van der Waals surface area contributed by atoms with Crippen LogP contribution in [0.3, 0.4) is 0 Å². The van der Waals surface area contributed by atoms with Crippen LogP contribution in [-0.2, 0) is 14.8 Å². The van der Waals surface area contributed by atoms with Crippen LogP contribution in [0, 0.1) is 6.92 Å². The van der Waals surface area contributed by atoms with Gasteiger partial charge in [0.25, 0.3) is 10.0 Å². The number of carboxylic acid groups (broad SMARTS) is 1. The number of carbonyl (C=O) groups is 2. The average Bonchev–Trinajstić information content (AvgIpc) is 2.55. The lowest BCUT2D eigenvalue weighted by atomic mass is 10.1. The van der Waals surface area contributed by atoms with Crippen molar-refractivity contribution in [3.8, 4) is 0 Å². The number of rotatable bonds is 5. The summed E-state index contributed by atoms with van der Waals surface area (Å²) in [6, 6.07) is 7.74. The number of esters is 1. The molecule has 0 aliphatic heterocycles. The number of carbonyl (C=O) groups excluding carboxylic acids is 1. The third-order valence-corrected chi connectivity index (χ3v) is 5.19. The molecule has 2 rings (SSSR count). The molecule has 0 fully saturated rings. The molecule has 0 saturated carbocycles. The van der Waals surface area contributed by atoms with E-state index in [4.69, 9.17) is 16.7 Å². The van der Waals surface area contributed by atoms with Crippen LogP contribution in [0.25, 0.3) is 0 Å². The van der Waals surface area contributed by atoms with Crippen LogP contribution < -0.4 is 4.72 Å². The van der Waals surface area contributed by atoms with Gasteiger partial charge in [-0.1, -0.05) is 17.7 Å². The summed E-state index contributed by atoms with van der Waals surface area (Å²) in [6.07, 6.45) is 0. The molecule has 0 bridgehead atoms. The van der Waals surface area contributed by atoms with Gasteiger partial charge in [0, 0.05) is 0 Å². The van der Waals surface area contributed by atoms with E-state index in [9.17, 15) is 18.0 Å². The summed E-state index contributed by atoms with van der Waals surface area (Å²) >= 11 is 5.99. The van der Waals surface area contributed by atoms with Gasteiger partial charge in [-0.05, 0) is 42.8 Å². The number of halogens is 1. The number of carboxylic acids is 1. The molecular formula is C16H14ClNO6S. The third kappa shape index (κ3) is 4.09. The lowest BCUT2D eigenvalue weighted by molar-refractivity contribution is 0.0600. The number of ether oxygens (including phenoxy) is 1. The maximum atomic E-state index is 12.6. The zero-order chi connectivity index (χ0) is 18.8. The van der Waals surface area contributed by atoms with Crippen molar-refractivity contribution in [1.82, 2.24) is 0 Å². The standard InChI is InChI=1S/C16H14ClNO6S/c1-9-3-4-10(15(19)20)8-14(9)25(22,23)18-13-7-11(16(21)24-2)5-6-12(13)17/h3-8,18H,1-2H3,(H,19,20). The van der Waals surface area contributed by atoms with E-state index in [2.05, 4.69) is 9.46 Å². The molecule has 0 amide bonds. The maximum Gasteiger partial charge on any atom is 0.337 e. The van der Waals surface area contributed by atoms with Crippen molar-refractivity contribution >= 4 is 39.3 Å². The normalized spacial score (nSPS) is 11.0. The molecule has 132 valence electrons. The van der Waals surface area contributed by atoms with Crippen LogP contribution in [0.15, 0.2) is 41.3 Å². The number of sulfonamides is 1. The Balaban J connectivity index is 2.48. The van der Waals surface area contributed by atoms with Crippen LogP contribution in [0.5, 0.6) is 0 Å². The minimum atomic E-state index is -4.12. The van der Waals surface area contributed by atoms with Gasteiger partial charge in [-0.2, -0.15) is 0 Å². The van der Waals surface area contributed by atoms with Crippen molar-refractivity contribution in [2.75, 3.05) is 11.8 Å². The van der Waals surface area contributed by atoms with Gasteiger partial charge in [0.2, 0.25) is 0 Å². The first-order valence-electron chi connectivity index (χ1n) is 6.90. The highest BCUT2D eigenvalue weighted by Gasteiger charge is 2.21. The van der Waals surface area contributed by atoms with Gasteiger partial charge in [0.15, 0.2) is 0 Å². The number of hydrogen-bond acceptors (Lipinski definition) is 5. The second kappa shape index (κ2) is 7.12. The summed E-state index contributed by atoms with van der Waals surface area (Å²) in [4.78, 5) is 22.4. The SMILES string of the molecule is COC(=O)c1ccc(Cl)c(NS(=O)(=O)c2cc(C(=O)O)ccc2C)c1. The van der Waals surface area contributed by atoms with E-state index in [-0.39, 0.29) is 26.7 Å². The van der Waals surface area contributed by atoms with Crippen molar-refractivity contribution in [3.05, 3.63) is 58.1 Å². The molecule has 0 aromatic heterocycles. The van der Waals surface area contributed by atoms with Crippen molar-refractivity contribution in [1.29, 1.82) is 0 Å². The van der Waals surface area contributed by atoms with Gasteiger partial charge in [0.1, 0.15) is 0 Å². The molecule has 0 aliphatic rings. The molecule has 7 nitrogen and oxygen atoms in total. The molecular weight excluding hydrogens is 370 g/mol. The molecule has 2 N–H and O–H groups in total. The Morgan fingerprint density at radius 2 is 1.76 bits per heavy atom. The Hall–Kier alpha value is -2.58. The van der Waals surface area contributed by atoms with Crippen LogP contribution in [0.1, 0.15) is 26.3 Å². The molecule has 0 unspecified atom stereocenters.